The van der Waals surface area contributed by atoms with Crippen molar-refractivity contribution in [1.82, 2.24) is 9.97 Å². The molecule has 0 spiro atoms. The maximum absolute atomic E-state index is 6.42. The first kappa shape index (κ1) is 28.7. The van der Waals surface area contributed by atoms with E-state index in [1.54, 1.807) is 6.20 Å². The van der Waals surface area contributed by atoms with Gasteiger partial charge in [-0.1, -0.05) is 102 Å². The number of hydrogen-bond donors (Lipinski definition) is 0. The van der Waals surface area contributed by atoms with E-state index in [0.29, 0.717) is 13.2 Å². The Morgan fingerprint density at radius 3 is 2.33 bits per heavy atom. The first-order valence-electron chi connectivity index (χ1n) is 13.7. The van der Waals surface area contributed by atoms with E-state index in [9.17, 15) is 0 Å². The number of ether oxygens (including phenoxy) is 1. The molecule has 5 heteroatoms. The number of rotatable bonds is 8. The molecule has 0 bridgehead atoms. The Morgan fingerprint density at radius 2 is 1.64 bits per heavy atom. The van der Waals surface area contributed by atoms with Crippen LogP contribution in [0.3, 0.4) is 0 Å². The fraction of sp³-hybridized carbons (Fsp3) is 0.353. The van der Waals surface area contributed by atoms with E-state index in [2.05, 4.69) is 102 Å². The zero-order valence-electron chi connectivity index (χ0n) is 24.7. The zero-order chi connectivity index (χ0) is 28.3. The van der Waals surface area contributed by atoms with Gasteiger partial charge in [0.25, 0.3) is 0 Å². The van der Waals surface area contributed by atoms with Gasteiger partial charge in [-0.3, -0.25) is 4.98 Å². The quantitative estimate of drug-likeness (QED) is 0.210. The maximum atomic E-state index is 6.42. The van der Waals surface area contributed by atoms with Gasteiger partial charge in [-0.25, -0.2) is 4.98 Å². The Labute approximate surface area is 235 Å². The van der Waals surface area contributed by atoms with Gasteiger partial charge in [0.1, 0.15) is 12.4 Å². The highest BCUT2D eigenvalue weighted by atomic mass is 28.4. The van der Waals surface area contributed by atoms with Crippen LogP contribution in [-0.2, 0) is 16.4 Å². The molecule has 4 aromatic rings. The van der Waals surface area contributed by atoms with Crippen LogP contribution in [0.1, 0.15) is 58.2 Å². The van der Waals surface area contributed by atoms with E-state index in [4.69, 9.17) is 14.1 Å². The molecule has 2 aromatic carbocycles. The Balaban J connectivity index is 1.72. The first-order chi connectivity index (χ1) is 18.3. The number of hydrogen-bond acceptors (Lipinski definition) is 4. The average molecular weight is 539 g/mol. The van der Waals surface area contributed by atoms with Crippen LogP contribution in [0, 0.1) is 0 Å². The van der Waals surface area contributed by atoms with Crippen molar-refractivity contribution in [3.8, 4) is 17.0 Å². The van der Waals surface area contributed by atoms with Crippen LogP contribution in [0.4, 0.5) is 0 Å². The molecule has 204 valence electrons. The van der Waals surface area contributed by atoms with Crippen molar-refractivity contribution < 1.29 is 9.16 Å². The third-order valence-corrected chi connectivity index (χ3v) is 12.1. The SMILES string of the molecule is CC(C)(C)c1ccc(-c2cc(OCc3ccccc3)c3cnccc3n2)c(/C=C/CO[Si](C)(C)C(C)(C)C)c1. The van der Waals surface area contributed by atoms with Gasteiger partial charge < -0.3 is 9.16 Å². The molecule has 0 saturated heterocycles. The molecule has 0 saturated carbocycles. The van der Waals surface area contributed by atoms with Crippen LogP contribution in [-0.4, -0.2) is 24.9 Å². The summed E-state index contributed by atoms with van der Waals surface area (Å²) in [5.74, 6) is 0.781. The summed E-state index contributed by atoms with van der Waals surface area (Å²) in [5, 5.41) is 1.08. The third kappa shape index (κ3) is 7.03. The van der Waals surface area contributed by atoms with Gasteiger partial charge in [-0.15, -0.1) is 0 Å². The van der Waals surface area contributed by atoms with Crippen molar-refractivity contribution in [2.24, 2.45) is 0 Å². The second-order valence-electron chi connectivity index (χ2n) is 12.7. The van der Waals surface area contributed by atoms with E-state index >= 15 is 0 Å². The molecule has 39 heavy (non-hydrogen) atoms. The second-order valence-corrected chi connectivity index (χ2v) is 17.5. The highest BCUT2D eigenvalue weighted by Gasteiger charge is 2.36. The second kappa shape index (κ2) is 11.4. The highest BCUT2D eigenvalue weighted by molar-refractivity contribution is 6.74. The van der Waals surface area contributed by atoms with Gasteiger partial charge in [0.05, 0.1) is 23.2 Å². The van der Waals surface area contributed by atoms with E-state index in [-0.39, 0.29) is 10.5 Å². The summed E-state index contributed by atoms with van der Waals surface area (Å²) in [6, 6.07) is 20.9. The molecule has 0 radical (unpaired) electrons. The molecule has 0 unspecified atom stereocenters. The molecule has 0 aliphatic carbocycles. The van der Waals surface area contributed by atoms with Crippen LogP contribution < -0.4 is 4.74 Å². The lowest BCUT2D eigenvalue weighted by molar-refractivity contribution is 0.310. The minimum Gasteiger partial charge on any atom is -0.488 e. The van der Waals surface area contributed by atoms with Crippen molar-refractivity contribution >= 4 is 25.3 Å². The molecule has 0 aliphatic heterocycles. The van der Waals surface area contributed by atoms with Crippen LogP contribution in [0.5, 0.6) is 5.75 Å². The summed E-state index contributed by atoms with van der Waals surface area (Å²) in [5.41, 5.74) is 6.36. The molecule has 0 fully saturated rings. The summed E-state index contributed by atoms with van der Waals surface area (Å²) in [6.45, 7) is 19.2. The number of benzene rings is 2. The third-order valence-electron chi connectivity index (χ3n) is 7.65. The fourth-order valence-corrected chi connectivity index (χ4v) is 5.03. The van der Waals surface area contributed by atoms with E-state index in [0.717, 1.165) is 39.0 Å². The summed E-state index contributed by atoms with van der Waals surface area (Å²) in [7, 11) is -1.82. The number of pyridine rings is 2. The van der Waals surface area contributed by atoms with Crippen molar-refractivity contribution in [3.05, 3.63) is 95.8 Å². The molecular formula is C34H42N2O2Si. The van der Waals surface area contributed by atoms with Gasteiger partial charge in [-0.05, 0) is 46.3 Å². The number of aromatic nitrogens is 2. The van der Waals surface area contributed by atoms with Crippen molar-refractivity contribution in [2.45, 2.75) is 71.7 Å². The van der Waals surface area contributed by atoms with Gasteiger partial charge in [-0.2, -0.15) is 0 Å². The molecular weight excluding hydrogens is 496 g/mol. The Morgan fingerprint density at radius 1 is 0.897 bits per heavy atom. The predicted octanol–water partition coefficient (Wildman–Crippen LogP) is 9.21. The average Bonchev–Trinajstić information content (AvgIpc) is 2.89. The minimum absolute atomic E-state index is 0.0329. The largest absolute Gasteiger partial charge is 0.488 e. The fourth-order valence-electron chi connectivity index (χ4n) is 4.08. The van der Waals surface area contributed by atoms with Crippen molar-refractivity contribution in [3.63, 3.8) is 0 Å². The van der Waals surface area contributed by atoms with Crippen LogP contribution in [0.2, 0.25) is 18.1 Å². The zero-order valence-corrected chi connectivity index (χ0v) is 25.7. The van der Waals surface area contributed by atoms with Gasteiger partial charge in [0.2, 0.25) is 0 Å². The molecule has 0 N–H and O–H groups in total. The molecule has 2 heterocycles. The lowest BCUT2D eigenvalue weighted by atomic mass is 9.84. The van der Waals surface area contributed by atoms with Crippen LogP contribution >= 0.6 is 0 Å². The molecule has 0 atom stereocenters. The van der Waals surface area contributed by atoms with Gasteiger partial charge in [0, 0.05) is 24.0 Å². The summed E-state index contributed by atoms with van der Waals surface area (Å²) >= 11 is 0. The normalized spacial score (nSPS) is 12.8. The monoisotopic (exact) mass is 538 g/mol. The summed E-state index contributed by atoms with van der Waals surface area (Å²) in [4.78, 5) is 9.37. The lowest BCUT2D eigenvalue weighted by Crippen LogP contribution is -2.40. The first-order valence-corrected chi connectivity index (χ1v) is 16.6. The Hall–Kier alpha value is -3.28. The predicted molar refractivity (Wildman–Crippen MR) is 167 cm³/mol. The Bertz CT molecular complexity index is 1450. The number of nitrogens with zero attached hydrogens (tertiary/aromatic N) is 2. The molecule has 0 aliphatic rings. The molecule has 4 rings (SSSR count). The van der Waals surface area contributed by atoms with Crippen molar-refractivity contribution in [1.29, 1.82) is 0 Å². The Kier molecular flexibility index (Phi) is 8.43. The summed E-state index contributed by atoms with van der Waals surface area (Å²) in [6.07, 6.45) is 7.93. The minimum atomic E-state index is -1.82. The molecule has 4 nitrogen and oxygen atoms in total. The van der Waals surface area contributed by atoms with E-state index in [1.165, 1.54) is 5.56 Å². The van der Waals surface area contributed by atoms with Gasteiger partial charge >= 0.3 is 0 Å². The lowest BCUT2D eigenvalue weighted by Gasteiger charge is -2.35. The maximum Gasteiger partial charge on any atom is 0.192 e. The van der Waals surface area contributed by atoms with Crippen LogP contribution in [0.25, 0.3) is 28.2 Å². The number of fused-ring (bicyclic) bond motifs is 1. The van der Waals surface area contributed by atoms with E-state index in [1.807, 2.05) is 36.5 Å². The molecule has 2 aromatic heterocycles. The standard InChI is InChI=1S/C34H42N2O2Si/c1-33(2,3)27-16-17-28(26(21-27)15-12-20-38-39(7,8)34(4,5)6)31-22-32(29-23-35-19-18-30(29)36-31)37-24-25-13-10-9-11-14-25/h9-19,21-23H,20,24H2,1-8H3/b15-12+. The highest BCUT2D eigenvalue weighted by Crippen LogP contribution is 2.37. The van der Waals surface area contributed by atoms with Crippen molar-refractivity contribution in [2.75, 3.05) is 6.61 Å². The smallest absolute Gasteiger partial charge is 0.192 e. The van der Waals surface area contributed by atoms with Gasteiger partial charge in [0.15, 0.2) is 8.32 Å². The van der Waals surface area contributed by atoms with Crippen LogP contribution in [0.15, 0.2) is 79.1 Å². The molecule has 0 amide bonds. The van der Waals surface area contributed by atoms with E-state index < -0.39 is 8.32 Å². The topological polar surface area (TPSA) is 44.2 Å². The summed E-state index contributed by atoms with van der Waals surface area (Å²) < 4.78 is 12.8.